The van der Waals surface area contributed by atoms with Crippen molar-refractivity contribution in [2.45, 2.75) is 25.8 Å². The van der Waals surface area contributed by atoms with Gasteiger partial charge < -0.3 is 5.32 Å². The van der Waals surface area contributed by atoms with Crippen molar-refractivity contribution in [3.05, 3.63) is 50.6 Å². The number of rotatable bonds is 3. The van der Waals surface area contributed by atoms with Crippen molar-refractivity contribution in [2.75, 3.05) is 5.32 Å². The number of nitrogens with one attached hydrogen (secondary N) is 1. The molecule has 3 aromatic rings. The smallest absolute Gasteiger partial charge is 0.138 e. The third kappa shape index (κ3) is 2.45. The number of nitrogens with zero attached hydrogens (tertiary/aromatic N) is 2. The molecule has 3 nitrogen and oxygen atoms in total. The first-order valence-electron chi connectivity index (χ1n) is 7.15. The lowest BCUT2D eigenvalue weighted by Crippen LogP contribution is -2.03. The van der Waals surface area contributed by atoms with E-state index in [1.54, 1.807) is 23.7 Å². The van der Waals surface area contributed by atoms with Gasteiger partial charge in [0.1, 0.15) is 17.0 Å². The second kappa shape index (κ2) is 5.69. The summed E-state index contributed by atoms with van der Waals surface area (Å²) in [6.45, 7) is 0.618. The average molecular weight is 350 g/mol. The number of thiophene rings is 1. The van der Waals surface area contributed by atoms with E-state index < -0.39 is 0 Å². The van der Waals surface area contributed by atoms with Gasteiger partial charge in [-0.25, -0.2) is 9.97 Å². The number of hydrogen-bond donors (Lipinski definition) is 1. The van der Waals surface area contributed by atoms with Crippen LogP contribution in [-0.4, -0.2) is 9.97 Å². The van der Waals surface area contributed by atoms with Crippen molar-refractivity contribution in [1.82, 2.24) is 9.97 Å². The van der Waals surface area contributed by atoms with Crippen LogP contribution in [0.4, 0.5) is 5.82 Å². The lowest BCUT2D eigenvalue weighted by atomic mass is 10.2. The predicted molar refractivity (Wildman–Crippen MR) is 93.2 cm³/mol. The fraction of sp³-hybridized carbons (Fsp3) is 0.250. The highest BCUT2D eigenvalue weighted by atomic mass is 35.5. The van der Waals surface area contributed by atoms with Crippen molar-refractivity contribution in [2.24, 2.45) is 0 Å². The monoisotopic (exact) mass is 349 g/mol. The van der Waals surface area contributed by atoms with E-state index >= 15 is 0 Å². The summed E-state index contributed by atoms with van der Waals surface area (Å²) in [6.07, 6.45) is 5.14. The van der Waals surface area contributed by atoms with Crippen LogP contribution in [-0.2, 0) is 19.4 Å². The zero-order valence-electron chi connectivity index (χ0n) is 11.7. The summed E-state index contributed by atoms with van der Waals surface area (Å²) in [5.74, 6) is 0.899. The Morgan fingerprint density at radius 2 is 2.09 bits per heavy atom. The zero-order chi connectivity index (χ0) is 15.1. The number of anilines is 1. The molecule has 0 saturated carbocycles. The van der Waals surface area contributed by atoms with E-state index in [9.17, 15) is 0 Å². The third-order valence-electron chi connectivity index (χ3n) is 3.96. The summed E-state index contributed by atoms with van der Waals surface area (Å²) in [4.78, 5) is 11.4. The quantitative estimate of drug-likeness (QED) is 0.714. The number of halogens is 2. The molecule has 22 heavy (non-hydrogen) atoms. The van der Waals surface area contributed by atoms with Gasteiger partial charge in [-0.3, -0.25) is 0 Å². The van der Waals surface area contributed by atoms with Gasteiger partial charge in [0.25, 0.3) is 0 Å². The fourth-order valence-electron chi connectivity index (χ4n) is 2.91. The Bertz CT molecular complexity index is 860. The maximum atomic E-state index is 6.23. The summed E-state index contributed by atoms with van der Waals surface area (Å²) in [5, 5.41) is 5.91. The van der Waals surface area contributed by atoms with Crippen LogP contribution in [0.1, 0.15) is 22.4 Å². The molecule has 1 aliphatic carbocycles. The number of hydrogen-bond acceptors (Lipinski definition) is 4. The Kier molecular flexibility index (Phi) is 3.68. The van der Waals surface area contributed by atoms with Crippen LogP contribution in [0.2, 0.25) is 10.0 Å². The molecule has 1 aliphatic rings. The van der Waals surface area contributed by atoms with Crippen LogP contribution in [0.5, 0.6) is 0 Å². The molecule has 6 heteroatoms. The summed E-state index contributed by atoms with van der Waals surface area (Å²) in [7, 11) is 0. The molecule has 0 fully saturated rings. The Labute approximate surface area is 142 Å². The number of aryl methyl sites for hydroxylation is 2. The van der Waals surface area contributed by atoms with Crippen molar-refractivity contribution >= 4 is 50.6 Å². The van der Waals surface area contributed by atoms with Crippen molar-refractivity contribution in [1.29, 1.82) is 0 Å². The van der Waals surface area contributed by atoms with Crippen LogP contribution in [0, 0.1) is 0 Å². The summed E-state index contributed by atoms with van der Waals surface area (Å²) in [5.41, 5.74) is 2.43. The van der Waals surface area contributed by atoms with Gasteiger partial charge in [0, 0.05) is 21.5 Å². The molecule has 0 radical (unpaired) electrons. The van der Waals surface area contributed by atoms with E-state index in [0.717, 1.165) is 22.6 Å². The van der Waals surface area contributed by atoms with Crippen molar-refractivity contribution in [3.63, 3.8) is 0 Å². The molecular weight excluding hydrogens is 337 g/mol. The van der Waals surface area contributed by atoms with Crippen LogP contribution in [0.3, 0.4) is 0 Å². The molecular formula is C16H13Cl2N3S. The largest absolute Gasteiger partial charge is 0.365 e. The molecule has 0 aliphatic heterocycles. The van der Waals surface area contributed by atoms with Crippen LogP contribution >= 0.6 is 34.5 Å². The highest BCUT2D eigenvalue weighted by molar-refractivity contribution is 7.19. The first-order chi connectivity index (χ1) is 10.7. The Morgan fingerprint density at radius 1 is 1.18 bits per heavy atom. The molecule has 1 N–H and O–H groups in total. The van der Waals surface area contributed by atoms with Crippen LogP contribution in [0.15, 0.2) is 24.5 Å². The molecule has 0 amide bonds. The van der Waals surface area contributed by atoms with Crippen molar-refractivity contribution < 1.29 is 0 Å². The van der Waals surface area contributed by atoms with E-state index in [1.807, 2.05) is 12.1 Å². The molecule has 112 valence electrons. The molecule has 0 unspecified atom stereocenters. The summed E-state index contributed by atoms with van der Waals surface area (Å²) in [6, 6.07) is 5.55. The Morgan fingerprint density at radius 3 is 2.95 bits per heavy atom. The molecule has 0 saturated heterocycles. The topological polar surface area (TPSA) is 37.8 Å². The summed E-state index contributed by atoms with van der Waals surface area (Å²) >= 11 is 14.0. The molecule has 1 aromatic carbocycles. The van der Waals surface area contributed by atoms with Gasteiger partial charge in [-0.1, -0.05) is 29.3 Å². The minimum absolute atomic E-state index is 0.618. The summed E-state index contributed by atoms with van der Waals surface area (Å²) < 4.78 is 0. The first-order valence-corrected chi connectivity index (χ1v) is 8.72. The lowest BCUT2D eigenvalue weighted by Gasteiger charge is -2.09. The van der Waals surface area contributed by atoms with Gasteiger partial charge in [-0.15, -0.1) is 11.3 Å². The molecule has 0 spiro atoms. The van der Waals surface area contributed by atoms with Gasteiger partial charge in [-0.05, 0) is 42.5 Å². The second-order valence-electron chi connectivity index (χ2n) is 5.35. The fourth-order valence-corrected chi connectivity index (χ4v) is 4.61. The zero-order valence-corrected chi connectivity index (χ0v) is 14.0. The first kappa shape index (κ1) is 14.2. The lowest BCUT2D eigenvalue weighted by molar-refractivity contribution is 0.917. The molecule has 4 rings (SSSR count). The number of benzene rings is 1. The Balaban J connectivity index is 1.67. The van der Waals surface area contributed by atoms with Gasteiger partial charge >= 0.3 is 0 Å². The van der Waals surface area contributed by atoms with Gasteiger partial charge in [0.2, 0.25) is 0 Å². The highest BCUT2D eigenvalue weighted by Crippen LogP contribution is 2.39. The number of aromatic nitrogens is 2. The second-order valence-corrected chi connectivity index (χ2v) is 7.28. The average Bonchev–Trinajstić information content (AvgIpc) is 3.06. The van der Waals surface area contributed by atoms with Gasteiger partial charge in [0.15, 0.2) is 0 Å². The maximum Gasteiger partial charge on any atom is 0.138 e. The van der Waals surface area contributed by atoms with Crippen LogP contribution in [0.25, 0.3) is 10.2 Å². The SMILES string of the molecule is Clc1ccc(CNc2ncnc3sc4c(c23)CCC4)c(Cl)c1. The third-order valence-corrected chi connectivity index (χ3v) is 5.75. The Hall–Kier alpha value is -1.36. The van der Waals surface area contributed by atoms with Gasteiger partial charge in [0.05, 0.1) is 5.39 Å². The molecule has 0 bridgehead atoms. The molecule has 0 atom stereocenters. The normalized spacial score (nSPS) is 13.5. The minimum atomic E-state index is 0.618. The molecule has 2 heterocycles. The van der Waals surface area contributed by atoms with E-state index in [4.69, 9.17) is 23.2 Å². The van der Waals surface area contributed by atoms with E-state index in [2.05, 4.69) is 15.3 Å². The van der Waals surface area contributed by atoms with E-state index in [0.29, 0.717) is 16.6 Å². The van der Waals surface area contributed by atoms with Crippen LogP contribution < -0.4 is 5.32 Å². The standard InChI is InChI=1S/C16H13Cl2N3S/c17-10-5-4-9(12(18)6-10)7-19-15-14-11-2-1-3-13(11)22-16(14)21-8-20-15/h4-6,8H,1-3,7H2,(H,19,20,21). The highest BCUT2D eigenvalue weighted by Gasteiger charge is 2.21. The van der Waals surface area contributed by atoms with Gasteiger partial charge in [-0.2, -0.15) is 0 Å². The van der Waals surface area contributed by atoms with Crippen molar-refractivity contribution in [3.8, 4) is 0 Å². The number of fused-ring (bicyclic) bond motifs is 3. The molecule has 2 aromatic heterocycles. The van der Waals surface area contributed by atoms with E-state index in [-0.39, 0.29) is 0 Å². The predicted octanol–water partition coefficient (Wildman–Crippen LogP) is 5.10. The maximum absolute atomic E-state index is 6.23. The van der Waals surface area contributed by atoms with E-state index in [1.165, 1.54) is 28.7 Å². The minimum Gasteiger partial charge on any atom is -0.365 e.